The van der Waals surface area contributed by atoms with E-state index in [-0.39, 0.29) is 0 Å². The Hall–Kier alpha value is -1.07. The highest BCUT2D eigenvalue weighted by atomic mass is 35.6. The lowest BCUT2D eigenvalue weighted by Crippen LogP contribution is -2.48. The molecule has 0 spiro atoms. The molecule has 0 unspecified atom stereocenters. The van der Waals surface area contributed by atoms with Gasteiger partial charge in [-0.05, 0) is 23.3 Å². The summed E-state index contributed by atoms with van der Waals surface area (Å²) in [6.07, 6.45) is 3.35. The van der Waals surface area contributed by atoms with Crippen LogP contribution in [-0.2, 0) is 8.85 Å². The van der Waals surface area contributed by atoms with Gasteiger partial charge in [0.15, 0.2) is 0 Å². The van der Waals surface area contributed by atoms with Gasteiger partial charge in [-0.3, -0.25) is 0 Å². The molecule has 17 heavy (non-hydrogen) atoms. The van der Waals surface area contributed by atoms with E-state index in [2.05, 4.69) is 13.2 Å². The number of halogens is 1. The molecule has 1 rings (SSSR count). The maximum atomic E-state index is 6.37. The Balaban J connectivity index is 3.49. The van der Waals surface area contributed by atoms with Crippen LogP contribution in [0.25, 0.3) is 12.2 Å². The van der Waals surface area contributed by atoms with Crippen molar-refractivity contribution in [1.82, 2.24) is 0 Å². The van der Waals surface area contributed by atoms with Crippen LogP contribution in [0.4, 0.5) is 5.69 Å². The maximum absolute atomic E-state index is 6.37. The highest BCUT2D eigenvalue weighted by Gasteiger charge is 2.38. The van der Waals surface area contributed by atoms with Crippen LogP contribution in [0.2, 0.25) is 0 Å². The minimum absolute atomic E-state index is 0.624. The number of rotatable bonds is 5. The molecule has 3 nitrogen and oxygen atoms in total. The standard InChI is InChI=1S/C12H16ClNO2Si/c1-5-9-8-12(17(13,15-3)16-4)10(6-2)7-11(9)14/h5-8H,1-2,14H2,3-4H3. The molecular formula is C12H16ClNO2Si. The first kappa shape index (κ1) is 14.0. The largest absolute Gasteiger partial charge is 0.478 e. The van der Waals surface area contributed by atoms with Gasteiger partial charge in [0.1, 0.15) is 0 Å². The minimum atomic E-state index is -2.91. The second kappa shape index (κ2) is 5.51. The third-order valence-corrected chi connectivity index (χ3v) is 6.21. The Kier molecular flexibility index (Phi) is 4.53. The number of nitrogen functional groups attached to an aromatic ring is 1. The van der Waals surface area contributed by atoms with Crippen molar-refractivity contribution < 1.29 is 8.85 Å². The van der Waals surface area contributed by atoms with Gasteiger partial charge in [0.2, 0.25) is 0 Å². The monoisotopic (exact) mass is 269 g/mol. The first-order valence-corrected chi connectivity index (χ1v) is 7.83. The molecule has 0 saturated heterocycles. The predicted molar refractivity (Wildman–Crippen MR) is 76.3 cm³/mol. The van der Waals surface area contributed by atoms with Crippen LogP contribution in [-0.4, -0.2) is 22.1 Å². The van der Waals surface area contributed by atoms with Gasteiger partial charge >= 0.3 is 7.87 Å². The summed E-state index contributed by atoms with van der Waals surface area (Å²) in [7, 11) is 0.143. The summed E-state index contributed by atoms with van der Waals surface area (Å²) in [6.45, 7) is 7.45. The van der Waals surface area contributed by atoms with Gasteiger partial charge in [-0.2, -0.15) is 0 Å². The van der Waals surface area contributed by atoms with Gasteiger partial charge in [-0.15, -0.1) is 0 Å². The Morgan fingerprint density at radius 3 is 2.12 bits per heavy atom. The molecule has 2 N–H and O–H groups in total. The fourth-order valence-corrected chi connectivity index (χ4v) is 3.50. The maximum Gasteiger partial charge on any atom is 0.478 e. The molecule has 0 atom stereocenters. The summed E-state index contributed by atoms with van der Waals surface area (Å²) in [5.74, 6) is 0. The van der Waals surface area contributed by atoms with Crippen LogP contribution in [0.5, 0.6) is 0 Å². The van der Waals surface area contributed by atoms with Crippen molar-refractivity contribution in [2.75, 3.05) is 20.0 Å². The fraction of sp³-hybridized carbons (Fsp3) is 0.167. The van der Waals surface area contributed by atoms with E-state index >= 15 is 0 Å². The normalized spacial score (nSPS) is 11.2. The average Bonchev–Trinajstić information content (AvgIpc) is 2.37. The number of anilines is 1. The highest BCUT2D eigenvalue weighted by Crippen LogP contribution is 2.21. The number of nitrogens with two attached hydrogens (primary N) is 1. The van der Waals surface area contributed by atoms with E-state index in [1.165, 1.54) is 14.2 Å². The zero-order valence-corrected chi connectivity index (χ0v) is 11.8. The smallest absolute Gasteiger partial charge is 0.398 e. The fourth-order valence-electron chi connectivity index (χ4n) is 1.56. The number of hydrogen-bond acceptors (Lipinski definition) is 3. The second-order valence-electron chi connectivity index (χ2n) is 3.42. The van der Waals surface area contributed by atoms with E-state index in [4.69, 9.17) is 25.7 Å². The van der Waals surface area contributed by atoms with Crippen LogP contribution in [0.1, 0.15) is 11.1 Å². The molecule has 0 aliphatic carbocycles. The molecule has 0 radical (unpaired) electrons. The van der Waals surface area contributed by atoms with Crippen LogP contribution in [0.15, 0.2) is 25.3 Å². The topological polar surface area (TPSA) is 44.5 Å². The van der Waals surface area contributed by atoms with Gasteiger partial charge < -0.3 is 14.6 Å². The van der Waals surface area contributed by atoms with Crippen molar-refractivity contribution in [2.24, 2.45) is 0 Å². The SMILES string of the molecule is C=Cc1cc([Si](Cl)(OC)OC)c(C=C)cc1N. The van der Waals surface area contributed by atoms with Gasteiger partial charge in [0.05, 0.1) is 0 Å². The number of benzene rings is 1. The molecule has 92 valence electrons. The summed E-state index contributed by atoms with van der Waals surface area (Å²) in [5, 5.41) is 0.781. The van der Waals surface area contributed by atoms with E-state index in [9.17, 15) is 0 Å². The quantitative estimate of drug-likeness (QED) is 0.507. The molecule has 0 saturated carbocycles. The van der Waals surface area contributed by atoms with Gasteiger partial charge in [0, 0.05) is 25.1 Å². The van der Waals surface area contributed by atoms with E-state index in [0.717, 1.165) is 16.3 Å². The highest BCUT2D eigenvalue weighted by molar-refractivity contribution is 7.20. The van der Waals surface area contributed by atoms with Crippen molar-refractivity contribution >= 4 is 42.0 Å². The van der Waals surface area contributed by atoms with Crippen molar-refractivity contribution in [3.63, 3.8) is 0 Å². The van der Waals surface area contributed by atoms with Gasteiger partial charge in [-0.25, -0.2) is 0 Å². The van der Waals surface area contributed by atoms with E-state index in [1.807, 2.05) is 6.07 Å². The average molecular weight is 270 g/mol. The predicted octanol–water partition coefficient (Wildman–Crippen LogP) is 2.23. The summed E-state index contributed by atoms with van der Waals surface area (Å²) < 4.78 is 10.6. The van der Waals surface area contributed by atoms with Crippen molar-refractivity contribution in [3.05, 3.63) is 36.4 Å². The summed E-state index contributed by atoms with van der Waals surface area (Å²) in [4.78, 5) is 0. The molecular weight excluding hydrogens is 254 g/mol. The molecule has 1 aromatic rings. The molecule has 0 aliphatic heterocycles. The summed E-state index contributed by atoms with van der Waals surface area (Å²) in [5.41, 5.74) is 8.12. The third kappa shape index (κ3) is 2.61. The Morgan fingerprint density at radius 1 is 1.18 bits per heavy atom. The molecule has 1 aromatic carbocycles. The third-order valence-electron chi connectivity index (χ3n) is 2.54. The summed E-state index contributed by atoms with van der Waals surface area (Å²) >= 11 is 6.37. The first-order chi connectivity index (χ1) is 8.02. The Morgan fingerprint density at radius 2 is 1.71 bits per heavy atom. The number of hydrogen-bond donors (Lipinski definition) is 1. The van der Waals surface area contributed by atoms with Crippen molar-refractivity contribution in [2.45, 2.75) is 0 Å². The molecule has 0 amide bonds. The van der Waals surface area contributed by atoms with Crippen LogP contribution in [0.3, 0.4) is 0 Å². The zero-order chi connectivity index (χ0) is 13.1. The molecule has 0 aromatic heterocycles. The van der Waals surface area contributed by atoms with E-state index < -0.39 is 7.87 Å². The van der Waals surface area contributed by atoms with E-state index in [0.29, 0.717) is 5.69 Å². The van der Waals surface area contributed by atoms with Crippen LogP contribution >= 0.6 is 11.1 Å². The van der Waals surface area contributed by atoms with Gasteiger partial charge in [0.25, 0.3) is 0 Å². The lowest BCUT2D eigenvalue weighted by atomic mass is 10.1. The van der Waals surface area contributed by atoms with Crippen molar-refractivity contribution in [3.8, 4) is 0 Å². The molecule has 0 bridgehead atoms. The van der Waals surface area contributed by atoms with Crippen molar-refractivity contribution in [1.29, 1.82) is 0 Å². The molecule has 5 heteroatoms. The lowest BCUT2D eigenvalue weighted by Gasteiger charge is -2.22. The Bertz CT molecular complexity index is 444. The van der Waals surface area contributed by atoms with Crippen LogP contribution < -0.4 is 10.9 Å². The second-order valence-corrected chi connectivity index (χ2v) is 7.34. The molecule has 0 aliphatic rings. The molecule has 0 heterocycles. The Labute approximate surface area is 107 Å². The molecule has 0 fully saturated rings. The van der Waals surface area contributed by atoms with E-state index in [1.54, 1.807) is 18.2 Å². The first-order valence-electron chi connectivity index (χ1n) is 5.00. The summed E-state index contributed by atoms with van der Waals surface area (Å²) in [6, 6.07) is 3.63. The zero-order valence-electron chi connectivity index (χ0n) is 10.00. The lowest BCUT2D eigenvalue weighted by molar-refractivity contribution is 0.281. The van der Waals surface area contributed by atoms with Crippen LogP contribution in [0, 0.1) is 0 Å². The minimum Gasteiger partial charge on any atom is -0.398 e. The van der Waals surface area contributed by atoms with Gasteiger partial charge in [-0.1, -0.05) is 36.4 Å².